The summed E-state index contributed by atoms with van der Waals surface area (Å²) in [6, 6.07) is 0. The molecule has 0 aliphatic carbocycles. The second kappa shape index (κ2) is 35.3. The Hall–Kier alpha value is -0.880. The second-order valence-electron chi connectivity index (χ2n) is 16.2. The molecule has 0 bridgehead atoms. The van der Waals surface area contributed by atoms with Crippen molar-refractivity contribution in [2.45, 2.75) is 199 Å². The van der Waals surface area contributed by atoms with E-state index in [1.165, 1.54) is 83.1 Å². The van der Waals surface area contributed by atoms with E-state index in [1.54, 1.807) is 6.08 Å². The molecular formula is C42H85NO10P+. The molecule has 0 fully saturated rings. The summed E-state index contributed by atoms with van der Waals surface area (Å²) in [4.78, 5) is 22.9. The largest absolute Gasteiger partial charge is 0.472 e. The fourth-order valence-electron chi connectivity index (χ4n) is 6.01. The zero-order chi connectivity index (χ0) is 40.3. The number of ether oxygens (including phenoxy) is 2. The minimum atomic E-state index is -4.32. The average molecular weight is 795 g/mol. The number of phosphoric acid groups is 1. The highest BCUT2D eigenvalue weighted by molar-refractivity contribution is 7.47. The Morgan fingerprint density at radius 2 is 1.13 bits per heavy atom. The zero-order valence-electron chi connectivity index (χ0n) is 35.3. The number of aliphatic hydroxyl groups is 3. The third-order valence-electron chi connectivity index (χ3n) is 9.59. The molecule has 54 heavy (non-hydrogen) atoms. The van der Waals surface area contributed by atoms with Crippen LogP contribution in [0.3, 0.4) is 0 Å². The number of carbonyl (C=O) groups is 1. The van der Waals surface area contributed by atoms with Crippen molar-refractivity contribution in [3.8, 4) is 0 Å². The predicted molar refractivity (Wildman–Crippen MR) is 219 cm³/mol. The first-order valence-electron chi connectivity index (χ1n) is 21.7. The number of phosphoric ester groups is 1. The second-order valence-corrected chi connectivity index (χ2v) is 17.7. The summed E-state index contributed by atoms with van der Waals surface area (Å²) in [7, 11) is 1.55. The van der Waals surface area contributed by atoms with Gasteiger partial charge in [0.25, 0.3) is 0 Å². The lowest BCUT2D eigenvalue weighted by atomic mass is 10.0. The Bertz CT molecular complexity index is 931. The van der Waals surface area contributed by atoms with E-state index in [0.29, 0.717) is 36.9 Å². The van der Waals surface area contributed by atoms with Gasteiger partial charge in [0.2, 0.25) is 0 Å². The first kappa shape index (κ1) is 53.1. The number of nitrogens with zero attached hydrogens (tertiary/aromatic N) is 1. The Balaban J connectivity index is 4.40. The van der Waals surface area contributed by atoms with Gasteiger partial charge in [0, 0.05) is 13.0 Å². The van der Waals surface area contributed by atoms with Crippen molar-refractivity contribution in [2.24, 2.45) is 0 Å². The number of hydrogen-bond donors (Lipinski definition) is 4. The molecular weight excluding hydrogens is 709 g/mol. The number of carbonyl (C=O) groups excluding carboxylic acids is 1. The summed E-state index contributed by atoms with van der Waals surface area (Å²) in [6.07, 6.45) is 25.9. The van der Waals surface area contributed by atoms with E-state index in [4.69, 9.17) is 18.5 Å². The maximum Gasteiger partial charge on any atom is 0.472 e. The van der Waals surface area contributed by atoms with Gasteiger partial charge < -0.3 is 34.2 Å². The molecule has 0 aliphatic rings. The summed E-state index contributed by atoms with van der Waals surface area (Å²) in [5, 5.41) is 30.3. The van der Waals surface area contributed by atoms with Crippen molar-refractivity contribution in [1.82, 2.24) is 0 Å². The van der Waals surface area contributed by atoms with Crippen LogP contribution in [0.15, 0.2) is 12.2 Å². The van der Waals surface area contributed by atoms with Crippen LogP contribution in [0.4, 0.5) is 0 Å². The van der Waals surface area contributed by atoms with Gasteiger partial charge in [-0.1, -0.05) is 154 Å². The van der Waals surface area contributed by atoms with Gasteiger partial charge in [0.15, 0.2) is 0 Å². The van der Waals surface area contributed by atoms with Crippen molar-refractivity contribution < 1.29 is 52.6 Å². The minimum absolute atomic E-state index is 0.0550. The van der Waals surface area contributed by atoms with Crippen molar-refractivity contribution in [2.75, 3.05) is 54.1 Å². The molecule has 12 heteroatoms. The Morgan fingerprint density at radius 3 is 1.70 bits per heavy atom. The number of rotatable bonds is 40. The average Bonchev–Trinajstić information content (AvgIpc) is 3.11. The Kier molecular flexibility index (Phi) is 34.7. The van der Waals surface area contributed by atoms with Gasteiger partial charge in [0.1, 0.15) is 19.3 Å². The van der Waals surface area contributed by atoms with Crippen molar-refractivity contribution in [1.29, 1.82) is 0 Å². The lowest BCUT2D eigenvalue weighted by Crippen LogP contribution is -2.37. The van der Waals surface area contributed by atoms with Crippen LogP contribution in [0, 0.1) is 0 Å². The van der Waals surface area contributed by atoms with Crippen LogP contribution in [0.2, 0.25) is 0 Å². The lowest BCUT2D eigenvalue weighted by Gasteiger charge is -2.24. The van der Waals surface area contributed by atoms with Crippen LogP contribution in [0.25, 0.3) is 0 Å². The summed E-state index contributed by atoms with van der Waals surface area (Å²) < 4.78 is 34.8. The molecule has 11 nitrogen and oxygen atoms in total. The monoisotopic (exact) mass is 795 g/mol. The van der Waals surface area contributed by atoms with Gasteiger partial charge in [-0.2, -0.15) is 0 Å². The maximum atomic E-state index is 12.7. The SMILES string of the molecule is CCCCCCCCCCCCCCCCOCC(COP(=O)(O)OCC[N+](C)(C)C)OC(=O)CCCCCCCC(O)/C=C/C(O)C(O)CCCCC. The third-order valence-corrected chi connectivity index (χ3v) is 10.6. The summed E-state index contributed by atoms with van der Waals surface area (Å²) >= 11 is 0. The standard InChI is InChI=1S/C42H84NO10P/c1-6-8-10-11-12-13-14-15-16-17-18-19-23-27-34-50-36-39(37-52-54(48,49)51-35-33-43(3,4)5)53-42(47)30-26-22-20-21-25-28-38(44)31-32-41(46)40(45)29-24-9-7-2/h31-32,38-41,44-46H,6-30,33-37H2,1-5H3/p+1/b32-31+. The number of likely N-dealkylation sites (N-methyl/N-ethyl adjacent to an activating group) is 1. The van der Waals surface area contributed by atoms with Gasteiger partial charge in [-0.05, 0) is 25.7 Å². The van der Waals surface area contributed by atoms with Crippen molar-refractivity contribution >= 4 is 13.8 Å². The van der Waals surface area contributed by atoms with E-state index in [-0.39, 0.29) is 26.2 Å². The first-order chi connectivity index (χ1) is 25.8. The topological polar surface area (TPSA) is 152 Å². The number of esters is 1. The molecule has 4 N–H and O–H groups in total. The van der Waals surface area contributed by atoms with Crippen LogP contribution in [0.5, 0.6) is 0 Å². The molecule has 5 unspecified atom stereocenters. The van der Waals surface area contributed by atoms with Crippen molar-refractivity contribution in [3.05, 3.63) is 12.2 Å². The van der Waals surface area contributed by atoms with Crippen LogP contribution >= 0.6 is 7.82 Å². The van der Waals surface area contributed by atoms with Gasteiger partial charge in [0.05, 0.1) is 52.7 Å². The first-order valence-corrected chi connectivity index (χ1v) is 23.2. The number of aliphatic hydroxyl groups excluding tert-OH is 3. The van der Waals surface area contributed by atoms with Gasteiger partial charge in [-0.25, -0.2) is 4.57 Å². The van der Waals surface area contributed by atoms with Crippen LogP contribution in [0.1, 0.15) is 174 Å². The zero-order valence-corrected chi connectivity index (χ0v) is 36.2. The molecule has 0 saturated heterocycles. The maximum absolute atomic E-state index is 12.7. The molecule has 322 valence electrons. The van der Waals surface area contributed by atoms with Gasteiger partial charge in [-0.15, -0.1) is 0 Å². The number of quaternary nitrogens is 1. The fraction of sp³-hybridized carbons (Fsp3) is 0.929. The van der Waals surface area contributed by atoms with E-state index >= 15 is 0 Å². The molecule has 5 atom stereocenters. The van der Waals surface area contributed by atoms with E-state index in [2.05, 4.69) is 13.8 Å². The molecule has 0 rings (SSSR count). The Labute approximate surface area is 330 Å². The normalized spacial score (nSPS) is 15.6. The van der Waals surface area contributed by atoms with Gasteiger partial charge in [-0.3, -0.25) is 13.8 Å². The molecule has 0 saturated carbocycles. The van der Waals surface area contributed by atoms with E-state index < -0.39 is 38.2 Å². The van der Waals surface area contributed by atoms with Gasteiger partial charge >= 0.3 is 13.8 Å². The smallest absolute Gasteiger partial charge is 0.457 e. The minimum Gasteiger partial charge on any atom is -0.457 e. The summed E-state index contributed by atoms with van der Waals surface area (Å²) in [5.74, 6) is -0.404. The molecule has 0 aliphatic heterocycles. The highest BCUT2D eigenvalue weighted by atomic mass is 31.2. The molecule has 0 heterocycles. The molecule has 0 aromatic heterocycles. The van der Waals surface area contributed by atoms with E-state index in [1.807, 2.05) is 21.1 Å². The molecule has 0 aromatic carbocycles. The molecule has 0 radical (unpaired) electrons. The van der Waals surface area contributed by atoms with Crippen LogP contribution < -0.4 is 0 Å². The number of unbranched alkanes of at least 4 members (excludes halogenated alkanes) is 19. The molecule has 0 aromatic rings. The molecule has 0 amide bonds. The van der Waals surface area contributed by atoms with E-state index in [0.717, 1.165) is 57.8 Å². The Morgan fingerprint density at radius 1 is 0.630 bits per heavy atom. The predicted octanol–water partition coefficient (Wildman–Crippen LogP) is 9.19. The highest BCUT2D eigenvalue weighted by Crippen LogP contribution is 2.43. The fourth-order valence-corrected chi connectivity index (χ4v) is 6.75. The third kappa shape index (κ3) is 36.7. The molecule has 0 spiro atoms. The van der Waals surface area contributed by atoms with Crippen LogP contribution in [-0.2, 0) is 27.9 Å². The van der Waals surface area contributed by atoms with Crippen molar-refractivity contribution in [3.63, 3.8) is 0 Å². The van der Waals surface area contributed by atoms with Crippen LogP contribution in [-0.4, -0.2) is 109 Å². The highest BCUT2D eigenvalue weighted by Gasteiger charge is 2.26. The number of hydrogen-bond acceptors (Lipinski definition) is 9. The summed E-state index contributed by atoms with van der Waals surface area (Å²) in [6.45, 7) is 5.23. The quantitative estimate of drug-likeness (QED) is 0.0155. The summed E-state index contributed by atoms with van der Waals surface area (Å²) in [5.41, 5.74) is 0. The lowest BCUT2D eigenvalue weighted by molar-refractivity contribution is -0.870. The van der Waals surface area contributed by atoms with E-state index in [9.17, 15) is 29.6 Å².